The van der Waals surface area contributed by atoms with Crippen LogP contribution < -0.4 is 10.6 Å². The number of likely N-dealkylation sites (tertiary alicyclic amines) is 1. The molecular weight excluding hydrogens is 373 g/mol. The van der Waals surface area contributed by atoms with Gasteiger partial charge in [0.15, 0.2) is 0 Å². The summed E-state index contributed by atoms with van der Waals surface area (Å²) in [6.45, 7) is 3.68. The molecule has 0 aliphatic carbocycles. The van der Waals surface area contributed by atoms with Crippen molar-refractivity contribution in [2.45, 2.75) is 44.8 Å². The monoisotopic (exact) mass is 401 g/mol. The standard InChI is InChI=1S/C18H27N5O.2ClH/c1-19-13-17-21-22-18(24-17)20-11-10-16-9-5-6-12-23(16)14-15-7-3-2-4-8-15;;/h2-4,7-8,16,19H,5-6,9-14H2,1H3,(H,20,22);2*1H. The summed E-state index contributed by atoms with van der Waals surface area (Å²) in [5.41, 5.74) is 1.39. The fourth-order valence-corrected chi connectivity index (χ4v) is 3.31. The second-order valence-corrected chi connectivity index (χ2v) is 6.35. The van der Waals surface area contributed by atoms with Crippen LogP contribution in [-0.2, 0) is 13.1 Å². The third kappa shape index (κ3) is 6.76. The van der Waals surface area contributed by atoms with Gasteiger partial charge in [-0.05, 0) is 38.4 Å². The maximum absolute atomic E-state index is 5.53. The molecule has 0 saturated carbocycles. The van der Waals surface area contributed by atoms with Crippen molar-refractivity contribution in [1.29, 1.82) is 0 Å². The molecule has 2 N–H and O–H groups in total. The Morgan fingerprint density at radius 3 is 2.73 bits per heavy atom. The van der Waals surface area contributed by atoms with Gasteiger partial charge in [-0.1, -0.05) is 41.9 Å². The molecule has 1 atom stereocenters. The molecule has 1 unspecified atom stereocenters. The second kappa shape index (κ2) is 12.1. The number of nitrogens with one attached hydrogen (secondary N) is 2. The molecule has 3 rings (SSSR count). The van der Waals surface area contributed by atoms with Crippen molar-refractivity contribution in [2.75, 3.05) is 25.5 Å². The molecule has 0 radical (unpaired) electrons. The largest absolute Gasteiger partial charge is 0.407 e. The number of rotatable bonds is 8. The highest BCUT2D eigenvalue weighted by molar-refractivity contribution is 5.85. The molecule has 0 bridgehead atoms. The predicted molar refractivity (Wildman–Crippen MR) is 109 cm³/mol. The molecule has 2 heterocycles. The molecule has 1 saturated heterocycles. The van der Waals surface area contributed by atoms with Crippen LogP contribution >= 0.6 is 24.8 Å². The van der Waals surface area contributed by atoms with Gasteiger partial charge in [0.25, 0.3) is 0 Å². The predicted octanol–water partition coefficient (Wildman–Crippen LogP) is 3.49. The quantitative estimate of drug-likeness (QED) is 0.705. The van der Waals surface area contributed by atoms with Crippen LogP contribution in [0.5, 0.6) is 0 Å². The second-order valence-electron chi connectivity index (χ2n) is 6.35. The van der Waals surface area contributed by atoms with E-state index in [0.29, 0.717) is 24.5 Å². The molecule has 146 valence electrons. The number of piperidine rings is 1. The summed E-state index contributed by atoms with van der Waals surface area (Å²) in [7, 11) is 1.86. The van der Waals surface area contributed by atoms with Crippen LogP contribution in [0.1, 0.15) is 37.1 Å². The lowest BCUT2D eigenvalue weighted by Crippen LogP contribution is -2.39. The van der Waals surface area contributed by atoms with Crippen LogP contribution in [0.4, 0.5) is 6.01 Å². The van der Waals surface area contributed by atoms with E-state index in [1.165, 1.54) is 31.4 Å². The molecule has 1 aromatic carbocycles. The molecule has 0 spiro atoms. The summed E-state index contributed by atoms with van der Waals surface area (Å²) in [6.07, 6.45) is 4.98. The van der Waals surface area contributed by atoms with Crippen molar-refractivity contribution < 1.29 is 4.42 Å². The van der Waals surface area contributed by atoms with Crippen molar-refractivity contribution in [1.82, 2.24) is 20.4 Å². The smallest absolute Gasteiger partial charge is 0.315 e. The number of hydrogen-bond donors (Lipinski definition) is 2. The van der Waals surface area contributed by atoms with Gasteiger partial charge in [0.1, 0.15) is 0 Å². The van der Waals surface area contributed by atoms with Crippen molar-refractivity contribution in [3.05, 3.63) is 41.8 Å². The number of hydrogen-bond acceptors (Lipinski definition) is 6. The number of aromatic nitrogens is 2. The first-order chi connectivity index (χ1) is 11.8. The Hall–Kier alpha value is -1.34. The minimum Gasteiger partial charge on any atom is -0.407 e. The normalized spacial score (nSPS) is 17.2. The highest BCUT2D eigenvalue weighted by atomic mass is 35.5. The number of nitrogens with zero attached hydrogens (tertiary/aromatic N) is 3. The van der Waals surface area contributed by atoms with Crippen molar-refractivity contribution >= 4 is 30.8 Å². The molecule has 2 aromatic rings. The topological polar surface area (TPSA) is 66.2 Å². The summed E-state index contributed by atoms with van der Waals surface area (Å²) >= 11 is 0. The third-order valence-electron chi connectivity index (χ3n) is 4.53. The summed E-state index contributed by atoms with van der Waals surface area (Å²) in [5.74, 6) is 0.614. The van der Waals surface area contributed by atoms with Crippen LogP contribution in [0.15, 0.2) is 34.7 Å². The van der Waals surface area contributed by atoms with E-state index in [1.807, 2.05) is 7.05 Å². The minimum atomic E-state index is 0. The Bertz CT molecular complexity index is 611. The van der Waals surface area contributed by atoms with E-state index >= 15 is 0 Å². The van der Waals surface area contributed by atoms with Gasteiger partial charge in [-0.25, -0.2) is 0 Å². The van der Waals surface area contributed by atoms with Gasteiger partial charge < -0.3 is 15.1 Å². The lowest BCUT2D eigenvalue weighted by molar-refractivity contribution is 0.135. The summed E-state index contributed by atoms with van der Waals surface area (Å²) < 4.78 is 5.53. The number of anilines is 1. The van der Waals surface area contributed by atoms with Crippen molar-refractivity contribution in [2.24, 2.45) is 0 Å². The average Bonchev–Trinajstić information content (AvgIpc) is 3.05. The van der Waals surface area contributed by atoms with Gasteiger partial charge in [-0.15, -0.1) is 29.9 Å². The summed E-state index contributed by atoms with van der Waals surface area (Å²) in [5, 5.41) is 14.3. The van der Waals surface area contributed by atoms with Crippen LogP contribution in [0.25, 0.3) is 0 Å². The van der Waals surface area contributed by atoms with Gasteiger partial charge in [0.2, 0.25) is 5.89 Å². The summed E-state index contributed by atoms with van der Waals surface area (Å²) in [6, 6.07) is 11.9. The van der Waals surface area contributed by atoms with Gasteiger partial charge in [-0.2, -0.15) is 0 Å². The molecule has 6 nitrogen and oxygen atoms in total. The van der Waals surface area contributed by atoms with Crippen molar-refractivity contribution in [3.63, 3.8) is 0 Å². The van der Waals surface area contributed by atoms with Crippen LogP contribution in [0.3, 0.4) is 0 Å². The first-order valence-corrected chi connectivity index (χ1v) is 8.84. The Kier molecular flexibility index (Phi) is 10.6. The SMILES string of the molecule is CNCc1nnc(NCCC2CCCCN2Cc2ccccc2)o1.Cl.Cl. The van der Waals surface area contributed by atoms with Crippen LogP contribution in [0.2, 0.25) is 0 Å². The fraction of sp³-hybridized carbons (Fsp3) is 0.556. The third-order valence-corrected chi connectivity index (χ3v) is 4.53. The van der Waals surface area contributed by atoms with E-state index in [9.17, 15) is 0 Å². The Balaban J connectivity index is 0.00000169. The lowest BCUT2D eigenvalue weighted by Gasteiger charge is -2.35. The Morgan fingerprint density at radius 2 is 1.96 bits per heavy atom. The molecule has 0 amide bonds. The number of halogens is 2. The average molecular weight is 402 g/mol. The molecule has 1 aliphatic heterocycles. The van der Waals surface area contributed by atoms with Crippen molar-refractivity contribution in [3.8, 4) is 0 Å². The zero-order valence-corrected chi connectivity index (χ0v) is 16.8. The molecular formula is C18H29Cl2N5O. The van der Waals surface area contributed by atoms with Crippen LogP contribution in [-0.4, -0.2) is 41.3 Å². The van der Waals surface area contributed by atoms with Gasteiger partial charge in [0.05, 0.1) is 6.54 Å². The Labute approximate surface area is 167 Å². The van der Waals surface area contributed by atoms with E-state index in [2.05, 4.69) is 56.1 Å². The van der Waals surface area contributed by atoms with E-state index < -0.39 is 0 Å². The highest BCUT2D eigenvalue weighted by Gasteiger charge is 2.22. The molecule has 1 fully saturated rings. The first kappa shape index (κ1) is 22.7. The first-order valence-electron chi connectivity index (χ1n) is 8.84. The van der Waals surface area contributed by atoms with E-state index in [4.69, 9.17) is 4.42 Å². The molecule has 1 aromatic heterocycles. The molecule has 8 heteroatoms. The zero-order valence-electron chi connectivity index (χ0n) is 15.2. The van der Waals surface area contributed by atoms with E-state index in [-0.39, 0.29) is 24.8 Å². The maximum atomic E-state index is 5.53. The Morgan fingerprint density at radius 1 is 1.15 bits per heavy atom. The zero-order chi connectivity index (χ0) is 16.6. The van der Waals surface area contributed by atoms with Gasteiger partial charge >= 0.3 is 6.01 Å². The maximum Gasteiger partial charge on any atom is 0.315 e. The van der Waals surface area contributed by atoms with E-state index in [1.54, 1.807) is 0 Å². The van der Waals surface area contributed by atoms with Gasteiger partial charge in [0, 0.05) is 19.1 Å². The summed E-state index contributed by atoms with van der Waals surface area (Å²) in [4.78, 5) is 2.61. The lowest BCUT2D eigenvalue weighted by atomic mass is 9.98. The highest BCUT2D eigenvalue weighted by Crippen LogP contribution is 2.22. The minimum absolute atomic E-state index is 0. The van der Waals surface area contributed by atoms with E-state index in [0.717, 1.165) is 19.5 Å². The van der Waals surface area contributed by atoms with Crippen LogP contribution in [0, 0.1) is 0 Å². The fourth-order valence-electron chi connectivity index (χ4n) is 3.31. The molecule has 26 heavy (non-hydrogen) atoms. The number of benzene rings is 1. The molecule has 1 aliphatic rings. The van der Waals surface area contributed by atoms with Gasteiger partial charge in [-0.3, -0.25) is 4.90 Å².